The van der Waals surface area contributed by atoms with Crippen LogP contribution in [0.4, 0.5) is 0 Å². The molecular weight excluding hydrogens is 254 g/mol. The van der Waals surface area contributed by atoms with Crippen molar-refractivity contribution in [3.8, 4) is 11.5 Å². The summed E-state index contributed by atoms with van der Waals surface area (Å²) in [6, 6.07) is 2.79. The number of ether oxygens (including phenoxy) is 1. The number of hydrogen-bond donors (Lipinski definition) is 1. The standard InChI is InChI=1S/C13H14ClNO3/c1-4-18-13-7(2)12-8(5-9(13)14)10(16)6-11(17)15(12)3/h5-6,16H,4H2,1-3H3. The van der Waals surface area contributed by atoms with Gasteiger partial charge in [-0.1, -0.05) is 11.6 Å². The zero-order valence-corrected chi connectivity index (χ0v) is 11.2. The summed E-state index contributed by atoms with van der Waals surface area (Å²) in [4.78, 5) is 11.7. The molecule has 0 spiro atoms. The highest BCUT2D eigenvalue weighted by atomic mass is 35.5. The normalized spacial score (nSPS) is 10.9. The van der Waals surface area contributed by atoms with Crippen molar-refractivity contribution in [2.75, 3.05) is 6.61 Å². The van der Waals surface area contributed by atoms with Crippen molar-refractivity contribution in [2.24, 2.45) is 7.05 Å². The molecule has 18 heavy (non-hydrogen) atoms. The van der Waals surface area contributed by atoms with Crippen LogP contribution in [-0.4, -0.2) is 16.3 Å². The van der Waals surface area contributed by atoms with Crippen LogP contribution in [0.2, 0.25) is 5.02 Å². The number of benzene rings is 1. The molecule has 0 aliphatic carbocycles. The van der Waals surface area contributed by atoms with Crippen LogP contribution in [0.25, 0.3) is 10.9 Å². The van der Waals surface area contributed by atoms with Crippen LogP contribution in [0.5, 0.6) is 11.5 Å². The number of fused-ring (bicyclic) bond motifs is 1. The minimum Gasteiger partial charge on any atom is -0.507 e. The molecule has 0 saturated carbocycles. The highest BCUT2D eigenvalue weighted by Crippen LogP contribution is 2.37. The third kappa shape index (κ3) is 1.82. The average molecular weight is 268 g/mol. The molecule has 0 bridgehead atoms. The summed E-state index contributed by atoms with van der Waals surface area (Å²) in [5.41, 5.74) is 1.11. The van der Waals surface area contributed by atoms with E-state index in [1.54, 1.807) is 13.1 Å². The van der Waals surface area contributed by atoms with Gasteiger partial charge in [0.25, 0.3) is 5.56 Å². The van der Waals surface area contributed by atoms with Crippen molar-refractivity contribution < 1.29 is 9.84 Å². The summed E-state index contributed by atoms with van der Waals surface area (Å²) in [7, 11) is 1.65. The summed E-state index contributed by atoms with van der Waals surface area (Å²) < 4.78 is 6.96. The van der Waals surface area contributed by atoms with E-state index in [1.807, 2.05) is 13.8 Å². The minimum atomic E-state index is -0.270. The van der Waals surface area contributed by atoms with Gasteiger partial charge in [0.15, 0.2) is 0 Å². The molecule has 0 amide bonds. The number of nitrogens with zero attached hydrogens (tertiary/aromatic N) is 1. The predicted octanol–water partition coefficient (Wildman–Crippen LogP) is 2.60. The zero-order valence-electron chi connectivity index (χ0n) is 10.5. The maximum Gasteiger partial charge on any atom is 0.254 e. The highest BCUT2D eigenvalue weighted by molar-refractivity contribution is 6.33. The summed E-state index contributed by atoms with van der Waals surface area (Å²) >= 11 is 6.13. The molecule has 4 nitrogen and oxygen atoms in total. The van der Waals surface area contributed by atoms with E-state index in [2.05, 4.69) is 0 Å². The fourth-order valence-electron chi connectivity index (χ4n) is 2.10. The maximum absolute atomic E-state index is 11.7. The molecule has 2 aromatic rings. The molecule has 96 valence electrons. The Bertz CT molecular complexity index is 676. The van der Waals surface area contributed by atoms with Crippen LogP contribution in [0.15, 0.2) is 16.9 Å². The number of aryl methyl sites for hydroxylation is 2. The van der Waals surface area contributed by atoms with Gasteiger partial charge >= 0.3 is 0 Å². The first-order chi connectivity index (χ1) is 8.47. The molecule has 1 N–H and O–H groups in total. The van der Waals surface area contributed by atoms with E-state index in [0.717, 1.165) is 5.56 Å². The summed E-state index contributed by atoms with van der Waals surface area (Å²) in [5, 5.41) is 10.8. The lowest BCUT2D eigenvalue weighted by molar-refractivity contribution is 0.338. The number of aromatic nitrogens is 1. The number of hydrogen-bond acceptors (Lipinski definition) is 3. The highest BCUT2D eigenvalue weighted by Gasteiger charge is 2.15. The summed E-state index contributed by atoms with van der Waals surface area (Å²) in [6.45, 7) is 4.17. The van der Waals surface area contributed by atoms with Crippen molar-refractivity contribution in [1.82, 2.24) is 4.57 Å². The Hall–Kier alpha value is -1.68. The first-order valence-corrected chi connectivity index (χ1v) is 5.99. The summed E-state index contributed by atoms with van der Waals surface area (Å²) in [5.74, 6) is 0.480. The first kappa shape index (κ1) is 12.8. The quantitative estimate of drug-likeness (QED) is 0.910. The lowest BCUT2D eigenvalue weighted by atomic mass is 10.1. The second kappa shape index (κ2) is 4.53. The van der Waals surface area contributed by atoms with Crippen molar-refractivity contribution in [1.29, 1.82) is 0 Å². The smallest absolute Gasteiger partial charge is 0.254 e. The van der Waals surface area contributed by atoms with Gasteiger partial charge in [0.1, 0.15) is 11.5 Å². The SMILES string of the molecule is CCOc1c(Cl)cc2c(O)cc(=O)n(C)c2c1C. The molecule has 0 aliphatic rings. The Morgan fingerprint density at radius 1 is 1.44 bits per heavy atom. The number of pyridine rings is 1. The minimum absolute atomic E-state index is 0.0684. The fourth-order valence-corrected chi connectivity index (χ4v) is 2.41. The lowest BCUT2D eigenvalue weighted by Crippen LogP contribution is -2.16. The number of rotatable bonds is 2. The van der Waals surface area contributed by atoms with Crippen molar-refractivity contribution in [2.45, 2.75) is 13.8 Å². The van der Waals surface area contributed by atoms with E-state index in [1.165, 1.54) is 10.6 Å². The molecule has 0 unspecified atom stereocenters. The molecule has 1 aromatic carbocycles. The van der Waals surface area contributed by atoms with E-state index in [4.69, 9.17) is 16.3 Å². The lowest BCUT2D eigenvalue weighted by Gasteiger charge is -2.15. The van der Waals surface area contributed by atoms with Crippen LogP contribution in [0, 0.1) is 6.92 Å². The predicted molar refractivity (Wildman–Crippen MR) is 71.8 cm³/mol. The van der Waals surface area contributed by atoms with Gasteiger partial charge in [0.05, 0.1) is 17.1 Å². The van der Waals surface area contributed by atoms with Gasteiger partial charge in [0.2, 0.25) is 0 Å². The molecule has 0 radical (unpaired) electrons. The Labute approximate surface area is 109 Å². The molecule has 1 aromatic heterocycles. The van der Waals surface area contributed by atoms with Gasteiger partial charge in [0, 0.05) is 24.1 Å². The third-order valence-corrected chi connectivity index (χ3v) is 3.21. The van der Waals surface area contributed by atoms with Crippen molar-refractivity contribution in [3.05, 3.63) is 33.1 Å². The first-order valence-electron chi connectivity index (χ1n) is 5.62. The maximum atomic E-state index is 11.7. The van der Waals surface area contributed by atoms with Crippen LogP contribution < -0.4 is 10.3 Å². The largest absolute Gasteiger partial charge is 0.507 e. The van der Waals surface area contributed by atoms with E-state index in [-0.39, 0.29) is 11.3 Å². The topological polar surface area (TPSA) is 51.5 Å². The van der Waals surface area contributed by atoms with Gasteiger partial charge in [-0.05, 0) is 19.9 Å². The van der Waals surface area contributed by atoms with Crippen LogP contribution in [0.3, 0.4) is 0 Å². The Balaban J connectivity index is 2.96. The van der Waals surface area contributed by atoms with Crippen LogP contribution in [0.1, 0.15) is 12.5 Å². The monoisotopic (exact) mass is 267 g/mol. The molecule has 0 atom stereocenters. The van der Waals surface area contributed by atoms with Crippen LogP contribution in [-0.2, 0) is 7.05 Å². The van der Waals surface area contributed by atoms with Gasteiger partial charge in [-0.3, -0.25) is 4.79 Å². The number of halogens is 1. The fraction of sp³-hybridized carbons (Fsp3) is 0.308. The second-order valence-electron chi connectivity index (χ2n) is 4.07. The molecular formula is C13H14ClNO3. The van der Waals surface area contributed by atoms with Crippen molar-refractivity contribution >= 4 is 22.5 Å². The number of aromatic hydroxyl groups is 1. The van der Waals surface area contributed by atoms with Gasteiger partial charge in [-0.25, -0.2) is 0 Å². The van der Waals surface area contributed by atoms with Crippen LogP contribution >= 0.6 is 11.6 Å². The third-order valence-electron chi connectivity index (χ3n) is 2.93. The Kier molecular flexibility index (Phi) is 3.22. The van der Waals surface area contributed by atoms with E-state index < -0.39 is 0 Å². The summed E-state index contributed by atoms with van der Waals surface area (Å²) in [6.07, 6.45) is 0. The van der Waals surface area contributed by atoms with E-state index in [9.17, 15) is 9.90 Å². The molecule has 0 aliphatic heterocycles. The molecule has 0 fully saturated rings. The Morgan fingerprint density at radius 3 is 2.72 bits per heavy atom. The van der Waals surface area contributed by atoms with Crippen molar-refractivity contribution in [3.63, 3.8) is 0 Å². The van der Waals surface area contributed by atoms with Gasteiger partial charge < -0.3 is 14.4 Å². The molecule has 2 rings (SSSR count). The van der Waals surface area contributed by atoms with Gasteiger partial charge in [-0.2, -0.15) is 0 Å². The second-order valence-corrected chi connectivity index (χ2v) is 4.48. The van der Waals surface area contributed by atoms with E-state index in [0.29, 0.717) is 28.3 Å². The average Bonchev–Trinajstić information content (AvgIpc) is 2.31. The zero-order chi connectivity index (χ0) is 13.4. The Morgan fingerprint density at radius 2 is 2.11 bits per heavy atom. The van der Waals surface area contributed by atoms with E-state index >= 15 is 0 Å². The van der Waals surface area contributed by atoms with Gasteiger partial charge in [-0.15, -0.1) is 0 Å². The molecule has 0 saturated heterocycles. The molecule has 1 heterocycles. The molecule has 5 heteroatoms.